The Morgan fingerprint density at radius 2 is 2.07 bits per heavy atom. The van der Waals surface area contributed by atoms with E-state index in [-0.39, 0.29) is 18.6 Å². The third-order valence-electron chi connectivity index (χ3n) is 4.70. The van der Waals surface area contributed by atoms with Gasteiger partial charge in [-0.2, -0.15) is 0 Å². The summed E-state index contributed by atoms with van der Waals surface area (Å²) in [6.07, 6.45) is 3.53. The van der Waals surface area contributed by atoms with Crippen LogP contribution in [0.3, 0.4) is 0 Å². The zero-order valence-corrected chi connectivity index (χ0v) is 16.0. The summed E-state index contributed by atoms with van der Waals surface area (Å²) >= 11 is 0. The molecule has 0 radical (unpaired) electrons. The van der Waals surface area contributed by atoms with Crippen LogP contribution in [0.25, 0.3) is 0 Å². The van der Waals surface area contributed by atoms with Crippen LogP contribution in [0, 0.1) is 0 Å². The summed E-state index contributed by atoms with van der Waals surface area (Å²) in [5.74, 6) is 1.52. The van der Waals surface area contributed by atoms with E-state index >= 15 is 0 Å². The number of ether oxygens (including phenoxy) is 1. The minimum atomic E-state index is -0.257. The van der Waals surface area contributed by atoms with Crippen molar-refractivity contribution in [2.24, 2.45) is 4.99 Å². The van der Waals surface area contributed by atoms with E-state index in [1.807, 2.05) is 31.2 Å². The molecule has 3 N–H and O–H groups in total. The summed E-state index contributed by atoms with van der Waals surface area (Å²) in [6.45, 7) is 5.09. The summed E-state index contributed by atoms with van der Waals surface area (Å²) in [5, 5.41) is 15.9. The SMILES string of the molecule is CCNC(=NCCc1ccc(OCC(=O)NC2CC2)cc1)N1CC[C@@H](O)C1. The Morgan fingerprint density at radius 3 is 2.70 bits per heavy atom. The number of aliphatic hydroxyl groups is 1. The van der Waals surface area contributed by atoms with Gasteiger partial charge in [-0.05, 0) is 50.3 Å². The molecule has 1 aliphatic carbocycles. The highest BCUT2D eigenvalue weighted by Crippen LogP contribution is 2.18. The maximum absolute atomic E-state index is 11.6. The molecule has 2 aliphatic rings. The number of carbonyl (C=O) groups is 1. The first-order valence-corrected chi connectivity index (χ1v) is 9.86. The molecule has 1 amide bonds. The highest BCUT2D eigenvalue weighted by atomic mass is 16.5. The summed E-state index contributed by atoms with van der Waals surface area (Å²) in [4.78, 5) is 18.4. The highest BCUT2D eigenvalue weighted by molar-refractivity contribution is 5.80. The van der Waals surface area contributed by atoms with Gasteiger partial charge in [0.25, 0.3) is 5.91 Å². The third kappa shape index (κ3) is 6.43. The quantitative estimate of drug-likeness (QED) is 0.465. The van der Waals surface area contributed by atoms with E-state index in [9.17, 15) is 9.90 Å². The van der Waals surface area contributed by atoms with Gasteiger partial charge in [0.15, 0.2) is 12.6 Å². The van der Waals surface area contributed by atoms with E-state index in [1.54, 1.807) is 0 Å². The first kappa shape index (κ1) is 19.5. The molecule has 0 aromatic heterocycles. The number of hydrogen-bond donors (Lipinski definition) is 3. The predicted octanol–water partition coefficient (Wildman–Crippen LogP) is 0.919. The molecule has 1 atom stereocenters. The van der Waals surface area contributed by atoms with Gasteiger partial charge in [0, 0.05) is 32.2 Å². The Morgan fingerprint density at radius 1 is 1.30 bits per heavy atom. The fourth-order valence-electron chi connectivity index (χ4n) is 3.05. The average Bonchev–Trinajstić information content (AvgIpc) is 3.37. The van der Waals surface area contributed by atoms with Crippen molar-refractivity contribution >= 4 is 11.9 Å². The summed E-state index contributed by atoms with van der Waals surface area (Å²) < 4.78 is 5.52. The number of guanidine groups is 1. The molecule has 0 bridgehead atoms. The number of β-amino-alcohol motifs (C(OH)–C–C–N with tert-alkyl or cyclic N) is 1. The Kier molecular flexibility index (Phi) is 6.92. The lowest BCUT2D eigenvalue weighted by Gasteiger charge is -2.20. The van der Waals surface area contributed by atoms with Crippen LogP contribution in [0.4, 0.5) is 0 Å². The third-order valence-corrected chi connectivity index (χ3v) is 4.70. The molecule has 2 fully saturated rings. The van der Waals surface area contributed by atoms with Crippen molar-refractivity contribution in [3.63, 3.8) is 0 Å². The lowest BCUT2D eigenvalue weighted by molar-refractivity contribution is -0.123. The second kappa shape index (κ2) is 9.60. The molecule has 3 rings (SSSR count). The largest absolute Gasteiger partial charge is 0.484 e. The minimum Gasteiger partial charge on any atom is -0.484 e. The van der Waals surface area contributed by atoms with Crippen LogP contribution in [0.15, 0.2) is 29.3 Å². The van der Waals surface area contributed by atoms with Gasteiger partial charge in [-0.3, -0.25) is 9.79 Å². The van der Waals surface area contributed by atoms with E-state index in [1.165, 1.54) is 5.56 Å². The number of amides is 1. The van der Waals surface area contributed by atoms with Crippen molar-refractivity contribution in [2.45, 2.75) is 44.8 Å². The van der Waals surface area contributed by atoms with Crippen molar-refractivity contribution in [1.82, 2.24) is 15.5 Å². The molecule has 148 valence electrons. The van der Waals surface area contributed by atoms with Crippen LogP contribution in [-0.4, -0.2) is 66.8 Å². The average molecular weight is 374 g/mol. The van der Waals surface area contributed by atoms with E-state index in [0.29, 0.717) is 24.9 Å². The fraction of sp³-hybridized carbons (Fsp3) is 0.600. The smallest absolute Gasteiger partial charge is 0.258 e. The van der Waals surface area contributed by atoms with Gasteiger partial charge in [0.2, 0.25) is 0 Å². The summed E-state index contributed by atoms with van der Waals surface area (Å²) in [5.41, 5.74) is 1.17. The standard InChI is InChI=1S/C20H30N4O3/c1-2-21-20(24-12-10-17(25)13-24)22-11-9-15-3-7-18(8-4-15)27-14-19(26)23-16-5-6-16/h3-4,7-8,16-17,25H,2,5-6,9-14H2,1H3,(H,21,22)(H,23,26)/t17-/m1/s1. The van der Waals surface area contributed by atoms with Crippen LogP contribution in [-0.2, 0) is 11.2 Å². The van der Waals surface area contributed by atoms with Crippen molar-refractivity contribution in [3.8, 4) is 5.75 Å². The number of likely N-dealkylation sites (tertiary alicyclic amines) is 1. The van der Waals surface area contributed by atoms with Gasteiger partial charge in [-0.1, -0.05) is 12.1 Å². The van der Waals surface area contributed by atoms with Crippen LogP contribution in [0.1, 0.15) is 31.7 Å². The molecule has 1 saturated heterocycles. The Bertz CT molecular complexity index is 643. The molecule has 0 spiro atoms. The summed E-state index contributed by atoms with van der Waals surface area (Å²) in [7, 11) is 0. The number of aliphatic hydroxyl groups excluding tert-OH is 1. The molecule has 0 unspecified atom stereocenters. The van der Waals surface area contributed by atoms with Crippen molar-refractivity contribution in [3.05, 3.63) is 29.8 Å². The Hall–Kier alpha value is -2.28. The van der Waals surface area contributed by atoms with Crippen molar-refractivity contribution in [1.29, 1.82) is 0 Å². The lowest BCUT2D eigenvalue weighted by atomic mass is 10.1. The number of aliphatic imine (C=N–C) groups is 1. The zero-order valence-electron chi connectivity index (χ0n) is 16.0. The van der Waals surface area contributed by atoms with Gasteiger partial charge in [-0.25, -0.2) is 0 Å². The Labute approximate surface area is 160 Å². The number of nitrogens with one attached hydrogen (secondary N) is 2. The molecular formula is C20H30N4O3. The molecule has 27 heavy (non-hydrogen) atoms. The van der Waals surface area contributed by atoms with E-state index in [4.69, 9.17) is 4.74 Å². The summed E-state index contributed by atoms with van der Waals surface area (Å²) in [6, 6.07) is 8.17. The van der Waals surface area contributed by atoms with Gasteiger partial charge in [-0.15, -0.1) is 0 Å². The van der Waals surface area contributed by atoms with E-state index in [0.717, 1.165) is 44.7 Å². The van der Waals surface area contributed by atoms with Crippen LogP contribution in [0.2, 0.25) is 0 Å². The van der Waals surface area contributed by atoms with Crippen LogP contribution >= 0.6 is 0 Å². The first-order chi connectivity index (χ1) is 13.1. The van der Waals surface area contributed by atoms with Crippen LogP contribution < -0.4 is 15.4 Å². The normalized spacial score (nSPS) is 19.9. The van der Waals surface area contributed by atoms with Gasteiger partial charge in [0.05, 0.1) is 6.10 Å². The second-order valence-corrected chi connectivity index (χ2v) is 7.15. The number of nitrogens with zero attached hydrogens (tertiary/aromatic N) is 2. The minimum absolute atomic E-state index is 0.0566. The number of benzene rings is 1. The number of rotatable bonds is 8. The zero-order chi connectivity index (χ0) is 19.1. The molecule has 7 heteroatoms. The predicted molar refractivity (Wildman–Crippen MR) is 105 cm³/mol. The van der Waals surface area contributed by atoms with Crippen molar-refractivity contribution in [2.75, 3.05) is 32.8 Å². The molecule has 1 saturated carbocycles. The number of hydrogen-bond acceptors (Lipinski definition) is 4. The maximum atomic E-state index is 11.6. The van der Waals surface area contributed by atoms with Crippen molar-refractivity contribution < 1.29 is 14.6 Å². The maximum Gasteiger partial charge on any atom is 0.258 e. The highest BCUT2D eigenvalue weighted by Gasteiger charge is 2.23. The van der Waals surface area contributed by atoms with Gasteiger partial charge >= 0.3 is 0 Å². The first-order valence-electron chi connectivity index (χ1n) is 9.86. The van der Waals surface area contributed by atoms with Gasteiger partial charge < -0.3 is 25.4 Å². The monoisotopic (exact) mass is 374 g/mol. The molecule has 1 aromatic rings. The molecule has 7 nitrogen and oxygen atoms in total. The molecule has 1 aliphatic heterocycles. The molecule has 1 aromatic carbocycles. The topological polar surface area (TPSA) is 86.2 Å². The second-order valence-electron chi connectivity index (χ2n) is 7.15. The van der Waals surface area contributed by atoms with E-state index < -0.39 is 0 Å². The number of carbonyl (C=O) groups excluding carboxylic acids is 1. The van der Waals surface area contributed by atoms with Gasteiger partial charge in [0.1, 0.15) is 5.75 Å². The fourth-order valence-corrected chi connectivity index (χ4v) is 3.05. The molecular weight excluding hydrogens is 344 g/mol. The Balaban J connectivity index is 1.43. The lowest BCUT2D eigenvalue weighted by Crippen LogP contribution is -2.40. The van der Waals surface area contributed by atoms with Crippen LogP contribution in [0.5, 0.6) is 5.75 Å². The van der Waals surface area contributed by atoms with E-state index in [2.05, 4.69) is 20.5 Å². The molecule has 1 heterocycles.